The van der Waals surface area contributed by atoms with Crippen LogP contribution in [0.2, 0.25) is 0 Å². The van der Waals surface area contributed by atoms with E-state index in [1.807, 2.05) is 11.9 Å². The molecule has 0 unspecified atom stereocenters. The molecule has 0 radical (unpaired) electrons. The quantitative estimate of drug-likeness (QED) is 0.691. The minimum atomic E-state index is -0.0709. The van der Waals surface area contributed by atoms with E-state index >= 15 is 0 Å². The second-order valence-corrected chi connectivity index (χ2v) is 7.56. The monoisotopic (exact) mass is 273 g/mol. The zero-order valence-electron chi connectivity index (χ0n) is 13.2. The normalized spacial score (nSPS) is 14.4. The average Bonchev–Trinajstić information content (AvgIpc) is 2.32. The molecule has 18 heavy (non-hydrogen) atoms. The van der Waals surface area contributed by atoms with Gasteiger partial charge in [-0.05, 0) is 31.6 Å². The van der Waals surface area contributed by atoms with Crippen molar-refractivity contribution >= 4 is 18.5 Å². The van der Waals surface area contributed by atoms with E-state index in [0.29, 0.717) is 6.42 Å². The van der Waals surface area contributed by atoms with Crippen LogP contribution in [0.5, 0.6) is 0 Å². The predicted octanol–water partition coefficient (Wildman–Crippen LogP) is 4.15. The largest absolute Gasteiger partial charge is 0.343 e. The van der Waals surface area contributed by atoms with Crippen molar-refractivity contribution in [1.29, 1.82) is 0 Å². The van der Waals surface area contributed by atoms with Gasteiger partial charge in [-0.3, -0.25) is 4.79 Å². The highest BCUT2D eigenvalue weighted by molar-refractivity contribution is 7.81. The van der Waals surface area contributed by atoms with Gasteiger partial charge in [-0.2, -0.15) is 12.6 Å². The van der Waals surface area contributed by atoms with Crippen LogP contribution in [-0.4, -0.2) is 28.6 Å². The molecule has 2 nitrogen and oxygen atoms in total. The van der Waals surface area contributed by atoms with Crippen molar-refractivity contribution in [1.82, 2.24) is 4.90 Å². The Morgan fingerprint density at radius 1 is 1.22 bits per heavy atom. The lowest BCUT2D eigenvalue weighted by atomic mass is 9.77. The van der Waals surface area contributed by atoms with Crippen molar-refractivity contribution in [3.63, 3.8) is 0 Å². The van der Waals surface area contributed by atoms with Crippen molar-refractivity contribution < 1.29 is 4.79 Å². The van der Waals surface area contributed by atoms with Crippen molar-refractivity contribution in [2.45, 2.75) is 78.0 Å². The second kappa shape index (κ2) is 6.83. The van der Waals surface area contributed by atoms with E-state index in [1.54, 1.807) is 0 Å². The lowest BCUT2D eigenvalue weighted by Crippen LogP contribution is -2.45. The van der Waals surface area contributed by atoms with Crippen LogP contribution in [0.15, 0.2) is 0 Å². The van der Waals surface area contributed by atoms with E-state index in [2.05, 4.69) is 54.2 Å². The van der Waals surface area contributed by atoms with Crippen molar-refractivity contribution in [2.24, 2.45) is 5.41 Å². The van der Waals surface area contributed by atoms with Crippen molar-refractivity contribution in [3.8, 4) is 0 Å². The first kappa shape index (κ1) is 17.8. The highest BCUT2D eigenvalue weighted by Crippen LogP contribution is 2.33. The first-order valence-corrected chi connectivity index (χ1v) is 7.50. The second-order valence-electron chi connectivity index (χ2n) is 6.35. The zero-order valence-corrected chi connectivity index (χ0v) is 14.1. The fourth-order valence-electron chi connectivity index (χ4n) is 2.11. The number of rotatable bonds is 7. The number of carbonyl (C=O) groups is 1. The van der Waals surface area contributed by atoms with Gasteiger partial charge < -0.3 is 4.90 Å². The molecule has 3 heteroatoms. The Labute approximate surface area is 119 Å². The third-order valence-corrected chi connectivity index (χ3v) is 4.77. The van der Waals surface area contributed by atoms with Crippen molar-refractivity contribution in [2.75, 3.05) is 7.05 Å². The molecular formula is C15H31NOS. The summed E-state index contributed by atoms with van der Waals surface area (Å²) in [5.41, 5.74) is 0.209. The molecule has 0 aliphatic heterocycles. The number of hydrogen-bond donors (Lipinski definition) is 1. The molecule has 0 heterocycles. The lowest BCUT2D eigenvalue weighted by Gasteiger charge is -2.40. The molecule has 0 saturated heterocycles. The predicted molar refractivity (Wildman–Crippen MR) is 83.2 cm³/mol. The van der Waals surface area contributed by atoms with Gasteiger partial charge in [-0.15, -0.1) is 0 Å². The zero-order chi connectivity index (χ0) is 14.6. The Morgan fingerprint density at radius 3 is 2.00 bits per heavy atom. The van der Waals surface area contributed by atoms with Crippen LogP contribution in [0.25, 0.3) is 0 Å². The summed E-state index contributed by atoms with van der Waals surface area (Å²) in [5, 5.41) is 0. The number of nitrogens with zero attached hydrogens (tertiary/aromatic N) is 1. The van der Waals surface area contributed by atoms with Gasteiger partial charge in [0.1, 0.15) is 0 Å². The first-order valence-electron chi connectivity index (χ1n) is 7.05. The van der Waals surface area contributed by atoms with Gasteiger partial charge in [0.15, 0.2) is 0 Å². The third kappa shape index (κ3) is 5.21. The number of carbonyl (C=O) groups excluding carboxylic acids is 1. The van der Waals surface area contributed by atoms with Gasteiger partial charge in [-0.25, -0.2) is 0 Å². The van der Waals surface area contributed by atoms with Gasteiger partial charge in [0.25, 0.3) is 0 Å². The smallest absolute Gasteiger partial charge is 0.222 e. The van der Waals surface area contributed by atoms with Crippen LogP contribution in [0.3, 0.4) is 0 Å². The SMILES string of the molecule is CCC(C)(CC)[C@H](C)N(C)C(=O)CCC(C)(C)S. The highest BCUT2D eigenvalue weighted by Gasteiger charge is 2.32. The van der Waals surface area contributed by atoms with Crippen LogP contribution in [0, 0.1) is 5.41 Å². The molecule has 1 atom stereocenters. The summed E-state index contributed by atoms with van der Waals surface area (Å²) in [6.45, 7) is 12.9. The molecular weight excluding hydrogens is 242 g/mol. The van der Waals surface area contributed by atoms with E-state index in [-0.39, 0.29) is 22.1 Å². The van der Waals surface area contributed by atoms with E-state index in [4.69, 9.17) is 0 Å². The Kier molecular flexibility index (Phi) is 6.77. The molecule has 0 fully saturated rings. The third-order valence-electron chi connectivity index (χ3n) is 4.55. The van der Waals surface area contributed by atoms with Gasteiger partial charge in [0, 0.05) is 24.3 Å². The Hall–Kier alpha value is -0.180. The van der Waals surface area contributed by atoms with E-state index < -0.39 is 0 Å². The fourth-order valence-corrected chi connectivity index (χ4v) is 2.23. The van der Waals surface area contributed by atoms with E-state index in [0.717, 1.165) is 19.3 Å². The Morgan fingerprint density at radius 2 is 1.67 bits per heavy atom. The van der Waals surface area contributed by atoms with Crippen LogP contribution in [-0.2, 0) is 4.79 Å². The number of amides is 1. The molecule has 1 amide bonds. The van der Waals surface area contributed by atoms with Crippen molar-refractivity contribution in [3.05, 3.63) is 0 Å². The standard InChI is InChI=1S/C15H31NOS/c1-8-15(6,9-2)12(3)16(7)13(17)10-11-14(4,5)18/h12,18H,8-11H2,1-7H3/t12-/m0/s1. The average molecular weight is 273 g/mol. The molecule has 0 aliphatic rings. The summed E-state index contributed by atoms with van der Waals surface area (Å²) >= 11 is 4.47. The summed E-state index contributed by atoms with van der Waals surface area (Å²) in [7, 11) is 1.93. The summed E-state index contributed by atoms with van der Waals surface area (Å²) < 4.78 is -0.0709. The molecule has 0 aromatic rings. The van der Waals surface area contributed by atoms with Crippen LogP contribution in [0.1, 0.15) is 67.2 Å². The lowest BCUT2D eigenvalue weighted by molar-refractivity contribution is -0.134. The maximum Gasteiger partial charge on any atom is 0.222 e. The summed E-state index contributed by atoms with van der Waals surface area (Å²) in [6, 6.07) is 0.281. The summed E-state index contributed by atoms with van der Waals surface area (Å²) in [6.07, 6.45) is 3.60. The molecule has 0 aliphatic carbocycles. The van der Waals surface area contributed by atoms with Crippen LogP contribution < -0.4 is 0 Å². The van der Waals surface area contributed by atoms with Crippen LogP contribution in [0.4, 0.5) is 0 Å². The van der Waals surface area contributed by atoms with Gasteiger partial charge >= 0.3 is 0 Å². The number of hydrogen-bond acceptors (Lipinski definition) is 2. The van der Waals surface area contributed by atoms with E-state index in [9.17, 15) is 4.79 Å². The molecule has 0 bridgehead atoms. The molecule has 0 spiro atoms. The van der Waals surface area contributed by atoms with Crippen LogP contribution >= 0.6 is 12.6 Å². The molecule has 0 N–H and O–H groups in total. The summed E-state index contributed by atoms with van der Waals surface area (Å²) in [5.74, 6) is 0.234. The summed E-state index contributed by atoms with van der Waals surface area (Å²) in [4.78, 5) is 14.1. The van der Waals surface area contributed by atoms with Gasteiger partial charge in [-0.1, -0.05) is 34.6 Å². The van der Waals surface area contributed by atoms with E-state index in [1.165, 1.54) is 0 Å². The maximum absolute atomic E-state index is 12.2. The topological polar surface area (TPSA) is 20.3 Å². The molecule has 0 saturated carbocycles. The highest BCUT2D eigenvalue weighted by atomic mass is 32.1. The Bertz CT molecular complexity index is 266. The minimum absolute atomic E-state index is 0.0709. The molecule has 0 rings (SSSR count). The minimum Gasteiger partial charge on any atom is -0.343 e. The molecule has 0 aromatic carbocycles. The molecule has 0 aromatic heterocycles. The number of thiol groups is 1. The van der Waals surface area contributed by atoms with Gasteiger partial charge in [0.05, 0.1) is 0 Å². The molecule has 108 valence electrons. The Balaban J connectivity index is 4.55. The first-order chi connectivity index (χ1) is 8.07. The fraction of sp³-hybridized carbons (Fsp3) is 0.933. The van der Waals surface area contributed by atoms with Gasteiger partial charge in [0.2, 0.25) is 5.91 Å². The maximum atomic E-state index is 12.2.